The summed E-state index contributed by atoms with van der Waals surface area (Å²) in [6.45, 7) is 3.50. The Morgan fingerprint density at radius 3 is 2.31 bits per heavy atom. The van der Waals surface area contributed by atoms with Gasteiger partial charge in [0.2, 0.25) is 0 Å². The van der Waals surface area contributed by atoms with E-state index in [1.807, 2.05) is 0 Å². The zero-order valence-corrected chi connectivity index (χ0v) is 9.68. The lowest BCUT2D eigenvalue weighted by atomic mass is 9.93. The highest BCUT2D eigenvalue weighted by molar-refractivity contribution is 5.14. The Morgan fingerprint density at radius 1 is 1.06 bits per heavy atom. The summed E-state index contributed by atoms with van der Waals surface area (Å²) in [6.07, 6.45) is 2.69. The molecular weight excluding hydrogens is 196 g/mol. The standard InChI is InChI=1S/C14H20N2/c15-14-12-6-7-13(14)10-16(9-12)8-11-4-2-1-3-5-11/h1-5,12-14H,6-10,15H2/t12-,13+,14-. The highest BCUT2D eigenvalue weighted by atomic mass is 15.2. The lowest BCUT2D eigenvalue weighted by Crippen LogP contribution is -2.48. The second kappa shape index (κ2) is 4.19. The maximum atomic E-state index is 6.21. The molecule has 2 N–H and O–H groups in total. The lowest BCUT2D eigenvalue weighted by molar-refractivity contribution is 0.140. The van der Waals surface area contributed by atoms with E-state index in [2.05, 4.69) is 35.2 Å². The van der Waals surface area contributed by atoms with Crippen LogP contribution >= 0.6 is 0 Å². The van der Waals surface area contributed by atoms with E-state index in [1.165, 1.54) is 31.5 Å². The lowest BCUT2D eigenvalue weighted by Gasteiger charge is -2.36. The maximum Gasteiger partial charge on any atom is 0.0233 e. The number of benzene rings is 1. The topological polar surface area (TPSA) is 29.3 Å². The molecule has 1 heterocycles. The number of likely N-dealkylation sites (tertiary alicyclic amines) is 1. The minimum Gasteiger partial charge on any atom is -0.327 e. The summed E-state index contributed by atoms with van der Waals surface area (Å²) in [6, 6.07) is 11.2. The minimum absolute atomic E-state index is 0.479. The van der Waals surface area contributed by atoms with Crippen molar-refractivity contribution >= 4 is 0 Å². The zero-order valence-electron chi connectivity index (χ0n) is 9.68. The first-order valence-electron chi connectivity index (χ1n) is 6.35. The van der Waals surface area contributed by atoms with Gasteiger partial charge in [-0.2, -0.15) is 0 Å². The third-order valence-electron chi connectivity index (χ3n) is 4.23. The normalized spacial score (nSPS) is 34.2. The highest BCUT2D eigenvalue weighted by Crippen LogP contribution is 2.35. The van der Waals surface area contributed by atoms with Crippen molar-refractivity contribution in [3.8, 4) is 0 Å². The summed E-state index contributed by atoms with van der Waals surface area (Å²) in [5.41, 5.74) is 7.64. The van der Waals surface area contributed by atoms with E-state index in [-0.39, 0.29) is 0 Å². The van der Waals surface area contributed by atoms with E-state index >= 15 is 0 Å². The summed E-state index contributed by atoms with van der Waals surface area (Å²) in [5.74, 6) is 1.50. The van der Waals surface area contributed by atoms with Crippen LogP contribution in [0, 0.1) is 11.8 Å². The SMILES string of the molecule is N[C@@H]1[C@@H]2CC[C@H]1CN(Cc1ccccc1)C2. The monoisotopic (exact) mass is 216 g/mol. The van der Waals surface area contributed by atoms with Crippen molar-refractivity contribution in [3.05, 3.63) is 35.9 Å². The molecule has 2 bridgehead atoms. The summed E-state index contributed by atoms with van der Waals surface area (Å²) < 4.78 is 0. The van der Waals surface area contributed by atoms with Crippen molar-refractivity contribution in [1.29, 1.82) is 0 Å². The number of piperidine rings is 1. The number of hydrogen-bond acceptors (Lipinski definition) is 2. The van der Waals surface area contributed by atoms with Crippen LogP contribution < -0.4 is 5.73 Å². The minimum atomic E-state index is 0.479. The van der Waals surface area contributed by atoms with Crippen molar-refractivity contribution < 1.29 is 0 Å². The number of hydrogen-bond donors (Lipinski definition) is 1. The van der Waals surface area contributed by atoms with Crippen LogP contribution in [0.1, 0.15) is 18.4 Å². The Labute approximate surface area is 97.4 Å². The molecule has 0 spiro atoms. The van der Waals surface area contributed by atoms with Gasteiger partial charge in [-0.25, -0.2) is 0 Å². The van der Waals surface area contributed by atoms with Gasteiger partial charge in [-0.05, 0) is 30.2 Å². The second-order valence-corrected chi connectivity index (χ2v) is 5.35. The number of fused-ring (bicyclic) bond motifs is 2. The molecule has 0 radical (unpaired) electrons. The van der Waals surface area contributed by atoms with Gasteiger partial charge in [0.25, 0.3) is 0 Å². The zero-order chi connectivity index (χ0) is 11.0. The van der Waals surface area contributed by atoms with E-state index in [0.717, 1.165) is 18.4 Å². The Morgan fingerprint density at radius 2 is 1.69 bits per heavy atom. The third kappa shape index (κ3) is 1.87. The van der Waals surface area contributed by atoms with Gasteiger partial charge in [-0.3, -0.25) is 4.90 Å². The van der Waals surface area contributed by atoms with Gasteiger partial charge in [0.05, 0.1) is 0 Å². The molecular formula is C14H20N2. The molecule has 1 aliphatic carbocycles. The maximum absolute atomic E-state index is 6.21. The van der Waals surface area contributed by atoms with E-state index in [9.17, 15) is 0 Å². The first-order chi connectivity index (χ1) is 7.83. The van der Waals surface area contributed by atoms with E-state index in [0.29, 0.717) is 6.04 Å². The second-order valence-electron chi connectivity index (χ2n) is 5.35. The number of nitrogens with two attached hydrogens (primary N) is 1. The Hall–Kier alpha value is -0.860. The van der Waals surface area contributed by atoms with Crippen molar-refractivity contribution in [2.24, 2.45) is 17.6 Å². The first kappa shape index (κ1) is 10.3. The molecule has 3 rings (SSSR count). The molecule has 1 saturated carbocycles. The third-order valence-corrected chi connectivity index (χ3v) is 4.23. The Bertz CT molecular complexity index is 335. The summed E-state index contributed by atoms with van der Waals surface area (Å²) in [7, 11) is 0. The molecule has 1 aromatic carbocycles. The van der Waals surface area contributed by atoms with Crippen molar-refractivity contribution in [2.75, 3.05) is 13.1 Å². The van der Waals surface area contributed by atoms with E-state index < -0.39 is 0 Å². The first-order valence-corrected chi connectivity index (χ1v) is 6.35. The van der Waals surface area contributed by atoms with Gasteiger partial charge in [-0.1, -0.05) is 30.3 Å². The Kier molecular flexibility index (Phi) is 2.70. The van der Waals surface area contributed by atoms with Crippen LogP contribution in [0.4, 0.5) is 0 Å². The predicted molar refractivity (Wildman–Crippen MR) is 65.9 cm³/mol. The molecule has 1 aromatic rings. The summed E-state index contributed by atoms with van der Waals surface area (Å²) >= 11 is 0. The molecule has 1 saturated heterocycles. The van der Waals surface area contributed by atoms with Crippen molar-refractivity contribution in [3.63, 3.8) is 0 Å². The fraction of sp³-hybridized carbons (Fsp3) is 0.571. The van der Waals surface area contributed by atoms with Crippen molar-refractivity contribution in [1.82, 2.24) is 4.90 Å². The largest absolute Gasteiger partial charge is 0.327 e. The molecule has 1 aliphatic heterocycles. The van der Waals surface area contributed by atoms with Gasteiger partial charge in [0.1, 0.15) is 0 Å². The van der Waals surface area contributed by atoms with Crippen molar-refractivity contribution in [2.45, 2.75) is 25.4 Å². The number of rotatable bonds is 2. The average molecular weight is 216 g/mol. The summed E-state index contributed by atoms with van der Waals surface area (Å²) in [4.78, 5) is 2.58. The molecule has 0 unspecified atom stereocenters. The molecule has 16 heavy (non-hydrogen) atoms. The molecule has 2 aliphatic rings. The van der Waals surface area contributed by atoms with Crippen LogP contribution in [0.5, 0.6) is 0 Å². The van der Waals surface area contributed by atoms with Crippen LogP contribution in [0.3, 0.4) is 0 Å². The number of nitrogens with zero attached hydrogens (tertiary/aromatic N) is 1. The van der Waals surface area contributed by atoms with Crippen LogP contribution in [0.15, 0.2) is 30.3 Å². The van der Waals surface area contributed by atoms with Crippen LogP contribution in [-0.2, 0) is 6.54 Å². The predicted octanol–water partition coefficient (Wildman–Crippen LogP) is 1.86. The smallest absolute Gasteiger partial charge is 0.0233 e. The quantitative estimate of drug-likeness (QED) is 0.817. The molecule has 2 fully saturated rings. The van der Waals surface area contributed by atoms with Crippen LogP contribution in [-0.4, -0.2) is 24.0 Å². The molecule has 86 valence electrons. The van der Waals surface area contributed by atoms with Gasteiger partial charge in [0.15, 0.2) is 0 Å². The highest BCUT2D eigenvalue weighted by Gasteiger charge is 2.39. The average Bonchev–Trinajstić information content (AvgIpc) is 2.54. The molecule has 3 atom stereocenters. The van der Waals surface area contributed by atoms with Gasteiger partial charge < -0.3 is 5.73 Å². The van der Waals surface area contributed by atoms with Crippen LogP contribution in [0.2, 0.25) is 0 Å². The molecule has 2 heteroatoms. The van der Waals surface area contributed by atoms with E-state index in [1.54, 1.807) is 0 Å². The molecule has 0 amide bonds. The van der Waals surface area contributed by atoms with E-state index in [4.69, 9.17) is 5.73 Å². The fourth-order valence-electron chi connectivity index (χ4n) is 3.33. The van der Waals surface area contributed by atoms with Gasteiger partial charge in [-0.15, -0.1) is 0 Å². The molecule has 0 aromatic heterocycles. The molecule has 2 nitrogen and oxygen atoms in total. The van der Waals surface area contributed by atoms with Gasteiger partial charge >= 0.3 is 0 Å². The summed E-state index contributed by atoms with van der Waals surface area (Å²) in [5, 5.41) is 0. The fourth-order valence-corrected chi connectivity index (χ4v) is 3.33. The Balaban J connectivity index is 1.66. The van der Waals surface area contributed by atoms with Gasteiger partial charge in [0, 0.05) is 25.7 Å². The van der Waals surface area contributed by atoms with Crippen LogP contribution in [0.25, 0.3) is 0 Å².